The summed E-state index contributed by atoms with van der Waals surface area (Å²) in [4.78, 5) is 12.8. The van der Waals surface area contributed by atoms with Crippen LogP contribution in [0.3, 0.4) is 0 Å². The van der Waals surface area contributed by atoms with E-state index in [0.29, 0.717) is 6.04 Å². The molecule has 0 bridgehead atoms. The number of carbonyl (C=O) groups is 1. The van der Waals surface area contributed by atoms with Gasteiger partial charge in [0, 0.05) is 19.1 Å². The Balaban J connectivity index is 1.65. The van der Waals surface area contributed by atoms with Crippen LogP contribution in [0.1, 0.15) is 18.4 Å². The summed E-state index contributed by atoms with van der Waals surface area (Å²) < 4.78 is 0. The van der Waals surface area contributed by atoms with Gasteiger partial charge in [0.15, 0.2) is 0 Å². The van der Waals surface area contributed by atoms with Crippen LogP contribution >= 0.6 is 0 Å². The number of hydrogen-bond donors (Lipinski definition) is 1. The molecule has 1 aromatic rings. The molecule has 1 unspecified atom stereocenters. The summed E-state index contributed by atoms with van der Waals surface area (Å²) in [6.45, 7) is 3.25. The van der Waals surface area contributed by atoms with Gasteiger partial charge in [0.25, 0.3) is 0 Å². The molecule has 0 aromatic heterocycles. The Hall–Kier alpha value is -1.35. The van der Waals surface area contributed by atoms with Crippen LogP contribution in [-0.2, 0) is 11.2 Å². The normalized spacial score (nSPS) is 20.4. The molecule has 1 heterocycles. The maximum absolute atomic E-state index is 10.3. The molecule has 92 valence electrons. The molecule has 1 aromatic carbocycles. The maximum Gasteiger partial charge on any atom is 0.207 e. The molecular weight excluding hydrogens is 212 g/mol. The third kappa shape index (κ3) is 3.86. The minimum Gasteiger partial charge on any atom is -0.355 e. The fourth-order valence-corrected chi connectivity index (χ4v) is 2.42. The Morgan fingerprint density at radius 1 is 1.35 bits per heavy atom. The van der Waals surface area contributed by atoms with Crippen LogP contribution in [0.15, 0.2) is 30.3 Å². The minimum absolute atomic E-state index is 0.365. The van der Waals surface area contributed by atoms with Gasteiger partial charge in [0.2, 0.25) is 6.41 Å². The van der Waals surface area contributed by atoms with Gasteiger partial charge in [-0.25, -0.2) is 0 Å². The highest BCUT2D eigenvalue weighted by Crippen LogP contribution is 2.10. The molecule has 0 aliphatic carbocycles. The largest absolute Gasteiger partial charge is 0.355 e. The summed E-state index contributed by atoms with van der Waals surface area (Å²) in [7, 11) is 0. The van der Waals surface area contributed by atoms with Gasteiger partial charge >= 0.3 is 0 Å². The lowest BCUT2D eigenvalue weighted by Gasteiger charge is -2.15. The Labute approximate surface area is 103 Å². The van der Waals surface area contributed by atoms with Crippen molar-refractivity contribution in [1.29, 1.82) is 0 Å². The number of carbonyl (C=O) groups excluding carboxylic acids is 1. The minimum atomic E-state index is 0.365. The molecule has 0 saturated carbocycles. The maximum atomic E-state index is 10.3. The summed E-state index contributed by atoms with van der Waals surface area (Å²) in [6.07, 6.45) is 4.24. The molecule has 0 spiro atoms. The summed E-state index contributed by atoms with van der Waals surface area (Å²) in [5.41, 5.74) is 1.41. The predicted molar refractivity (Wildman–Crippen MR) is 68.8 cm³/mol. The van der Waals surface area contributed by atoms with E-state index >= 15 is 0 Å². The van der Waals surface area contributed by atoms with Crippen LogP contribution in [0, 0.1) is 0 Å². The monoisotopic (exact) mass is 232 g/mol. The number of benzene rings is 1. The molecule has 1 N–H and O–H groups in total. The Morgan fingerprint density at radius 3 is 2.94 bits per heavy atom. The highest BCUT2D eigenvalue weighted by atomic mass is 16.1. The van der Waals surface area contributed by atoms with Gasteiger partial charge in [0.1, 0.15) is 0 Å². The molecule has 3 nitrogen and oxygen atoms in total. The summed E-state index contributed by atoms with van der Waals surface area (Å²) in [6, 6.07) is 11.0. The van der Waals surface area contributed by atoms with Crippen molar-refractivity contribution in [2.45, 2.75) is 25.3 Å². The van der Waals surface area contributed by atoms with E-state index in [0.717, 1.165) is 38.9 Å². The van der Waals surface area contributed by atoms with Crippen LogP contribution in [0.25, 0.3) is 0 Å². The van der Waals surface area contributed by atoms with Gasteiger partial charge in [-0.3, -0.25) is 4.79 Å². The van der Waals surface area contributed by atoms with Crippen LogP contribution in [0.4, 0.5) is 0 Å². The molecule has 1 amide bonds. The van der Waals surface area contributed by atoms with E-state index in [-0.39, 0.29) is 0 Å². The van der Waals surface area contributed by atoms with Crippen LogP contribution in [0.2, 0.25) is 0 Å². The van der Waals surface area contributed by atoms with Crippen molar-refractivity contribution in [2.24, 2.45) is 0 Å². The second kappa shape index (κ2) is 6.40. The van der Waals surface area contributed by atoms with E-state index in [9.17, 15) is 4.79 Å². The molecule has 2 rings (SSSR count). The Kier molecular flexibility index (Phi) is 4.56. The highest BCUT2D eigenvalue weighted by Gasteiger charge is 2.20. The van der Waals surface area contributed by atoms with E-state index in [1.807, 2.05) is 0 Å². The molecule has 0 radical (unpaired) electrons. The van der Waals surface area contributed by atoms with Gasteiger partial charge in [-0.1, -0.05) is 30.3 Å². The predicted octanol–water partition coefficient (Wildman–Crippen LogP) is 1.44. The molecule has 1 aliphatic rings. The zero-order chi connectivity index (χ0) is 11.9. The smallest absolute Gasteiger partial charge is 0.207 e. The number of hydrogen-bond acceptors (Lipinski definition) is 2. The number of aryl methyl sites for hydroxylation is 1. The van der Waals surface area contributed by atoms with Gasteiger partial charge in [0.05, 0.1) is 0 Å². The first kappa shape index (κ1) is 12.1. The first-order chi connectivity index (χ1) is 8.38. The van der Waals surface area contributed by atoms with Crippen molar-refractivity contribution in [3.63, 3.8) is 0 Å². The van der Waals surface area contributed by atoms with Crippen molar-refractivity contribution in [3.8, 4) is 0 Å². The van der Waals surface area contributed by atoms with E-state index in [4.69, 9.17) is 0 Å². The average molecular weight is 232 g/mol. The summed E-state index contributed by atoms with van der Waals surface area (Å²) in [5.74, 6) is 0. The van der Waals surface area contributed by atoms with Crippen LogP contribution < -0.4 is 5.32 Å². The van der Waals surface area contributed by atoms with Crippen molar-refractivity contribution in [1.82, 2.24) is 10.2 Å². The average Bonchev–Trinajstić information content (AvgIpc) is 2.79. The van der Waals surface area contributed by atoms with E-state index in [1.165, 1.54) is 12.0 Å². The van der Waals surface area contributed by atoms with Gasteiger partial charge in [-0.2, -0.15) is 0 Å². The summed E-state index contributed by atoms with van der Waals surface area (Å²) in [5, 5.41) is 2.86. The lowest BCUT2D eigenvalue weighted by atomic mass is 10.1. The number of likely N-dealkylation sites (tertiary alicyclic amines) is 1. The molecule has 1 atom stereocenters. The van der Waals surface area contributed by atoms with Crippen molar-refractivity contribution in [3.05, 3.63) is 35.9 Å². The molecule has 17 heavy (non-hydrogen) atoms. The number of rotatable bonds is 6. The first-order valence-electron chi connectivity index (χ1n) is 6.34. The highest BCUT2D eigenvalue weighted by molar-refractivity contribution is 5.46. The van der Waals surface area contributed by atoms with Crippen molar-refractivity contribution < 1.29 is 4.79 Å². The zero-order valence-electron chi connectivity index (χ0n) is 10.1. The summed E-state index contributed by atoms with van der Waals surface area (Å²) >= 11 is 0. The SMILES string of the molecule is O=CNC1CCN(CCCc2ccccc2)C1. The Morgan fingerprint density at radius 2 is 2.18 bits per heavy atom. The van der Waals surface area contributed by atoms with Crippen LogP contribution in [-0.4, -0.2) is 37.0 Å². The first-order valence-corrected chi connectivity index (χ1v) is 6.34. The van der Waals surface area contributed by atoms with Gasteiger partial charge < -0.3 is 10.2 Å². The fourth-order valence-electron chi connectivity index (χ4n) is 2.42. The number of amides is 1. The molecule has 1 aliphatic heterocycles. The Bertz CT molecular complexity index is 339. The second-order valence-electron chi connectivity index (χ2n) is 4.66. The van der Waals surface area contributed by atoms with Gasteiger partial charge in [-0.05, 0) is 31.4 Å². The zero-order valence-corrected chi connectivity index (χ0v) is 10.1. The third-order valence-corrected chi connectivity index (χ3v) is 3.36. The van der Waals surface area contributed by atoms with Crippen molar-refractivity contribution in [2.75, 3.05) is 19.6 Å². The molecule has 1 saturated heterocycles. The lowest BCUT2D eigenvalue weighted by Crippen LogP contribution is -2.31. The van der Waals surface area contributed by atoms with Crippen LogP contribution in [0.5, 0.6) is 0 Å². The fraction of sp³-hybridized carbons (Fsp3) is 0.500. The van der Waals surface area contributed by atoms with E-state index in [2.05, 4.69) is 40.5 Å². The molecular formula is C14H20N2O. The van der Waals surface area contributed by atoms with Crippen molar-refractivity contribution >= 4 is 6.41 Å². The molecule has 3 heteroatoms. The standard InChI is InChI=1S/C14H20N2O/c17-12-15-14-8-10-16(11-14)9-4-7-13-5-2-1-3-6-13/h1-3,5-6,12,14H,4,7-11H2,(H,15,17). The number of nitrogens with one attached hydrogen (secondary N) is 1. The topological polar surface area (TPSA) is 32.3 Å². The lowest BCUT2D eigenvalue weighted by molar-refractivity contribution is -0.110. The quantitative estimate of drug-likeness (QED) is 0.753. The second-order valence-corrected chi connectivity index (χ2v) is 4.66. The molecule has 1 fully saturated rings. The van der Waals surface area contributed by atoms with Gasteiger partial charge in [-0.15, -0.1) is 0 Å². The third-order valence-electron chi connectivity index (χ3n) is 3.36. The van der Waals surface area contributed by atoms with E-state index < -0.39 is 0 Å². The van der Waals surface area contributed by atoms with E-state index in [1.54, 1.807) is 0 Å². The number of nitrogens with zero attached hydrogens (tertiary/aromatic N) is 1.